The molecule has 132 valence electrons. The molecule has 0 unspecified atom stereocenters. The maximum absolute atomic E-state index is 12.2. The number of nitrogens with one attached hydrogen (secondary N) is 2. The maximum atomic E-state index is 12.2. The fraction of sp³-hybridized carbons (Fsp3) is 0.211. The molecule has 0 radical (unpaired) electrons. The molecule has 0 bridgehead atoms. The Morgan fingerprint density at radius 2 is 2.00 bits per heavy atom. The van der Waals surface area contributed by atoms with E-state index in [0.717, 1.165) is 24.2 Å². The molecule has 4 rings (SSSR count). The standard InChI is InChI=1S/C19H20N6O/c1-24-10-6-15-2-3-16(12-17(15)24)21-19(26)22-18-7-11-25(23-18)13-14-4-8-20-9-5-14/h2-5,7-9,11-12H,6,10,13H2,1H3,(H2,21,22,23,26). The van der Waals surface area contributed by atoms with Gasteiger partial charge in [-0.25, -0.2) is 4.79 Å². The van der Waals surface area contributed by atoms with Crippen molar-refractivity contribution in [3.63, 3.8) is 0 Å². The number of benzene rings is 1. The fourth-order valence-corrected chi connectivity index (χ4v) is 3.09. The van der Waals surface area contributed by atoms with Gasteiger partial charge >= 0.3 is 6.03 Å². The van der Waals surface area contributed by atoms with Gasteiger partial charge in [-0.05, 0) is 41.8 Å². The average Bonchev–Trinajstić information content (AvgIpc) is 3.22. The van der Waals surface area contributed by atoms with E-state index >= 15 is 0 Å². The van der Waals surface area contributed by atoms with E-state index in [0.29, 0.717) is 12.4 Å². The highest BCUT2D eigenvalue weighted by atomic mass is 16.2. The lowest BCUT2D eigenvalue weighted by atomic mass is 10.1. The average molecular weight is 348 g/mol. The zero-order valence-corrected chi connectivity index (χ0v) is 14.5. The van der Waals surface area contributed by atoms with Crippen molar-refractivity contribution in [3.05, 3.63) is 66.1 Å². The summed E-state index contributed by atoms with van der Waals surface area (Å²) in [6, 6.07) is 11.3. The largest absolute Gasteiger partial charge is 0.374 e. The van der Waals surface area contributed by atoms with Crippen molar-refractivity contribution >= 4 is 23.2 Å². The predicted octanol–water partition coefficient (Wildman–Crippen LogP) is 2.96. The van der Waals surface area contributed by atoms with Gasteiger partial charge in [0.15, 0.2) is 5.82 Å². The highest BCUT2D eigenvalue weighted by Gasteiger charge is 2.16. The number of carbonyl (C=O) groups is 1. The van der Waals surface area contributed by atoms with Crippen molar-refractivity contribution < 1.29 is 4.79 Å². The lowest BCUT2D eigenvalue weighted by Crippen LogP contribution is -2.20. The molecular formula is C19H20N6O. The van der Waals surface area contributed by atoms with Gasteiger partial charge in [0.25, 0.3) is 0 Å². The van der Waals surface area contributed by atoms with Crippen molar-refractivity contribution in [2.24, 2.45) is 0 Å². The third kappa shape index (κ3) is 3.51. The Morgan fingerprint density at radius 1 is 1.15 bits per heavy atom. The number of urea groups is 1. The van der Waals surface area contributed by atoms with Gasteiger partial charge in [-0.3, -0.25) is 15.0 Å². The smallest absolute Gasteiger partial charge is 0.324 e. The van der Waals surface area contributed by atoms with E-state index < -0.39 is 0 Å². The number of pyridine rings is 1. The van der Waals surface area contributed by atoms with E-state index in [4.69, 9.17) is 0 Å². The fourth-order valence-electron chi connectivity index (χ4n) is 3.09. The minimum atomic E-state index is -0.306. The summed E-state index contributed by atoms with van der Waals surface area (Å²) < 4.78 is 1.77. The number of hydrogen-bond donors (Lipinski definition) is 2. The van der Waals surface area contributed by atoms with E-state index in [9.17, 15) is 4.79 Å². The number of aromatic nitrogens is 3. The number of hydrogen-bond acceptors (Lipinski definition) is 4. The highest BCUT2D eigenvalue weighted by molar-refractivity contribution is 5.99. The zero-order valence-electron chi connectivity index (χ0n) is 14.5. The lowest BCUT2D eigenvalue weighted by molar-refractivity contribution is 0.262. The minimum absolute atomic E-state index is 0.306. The van der Waals surface area contributed by atoms with Crippen molar-refractivity contribution in [2.45, 2.75) is 13.0 Å². The summed E-state index contributed by atoms with van der Waals surface area (Å²) in [7, 11) is 2.06. The van der Waals surface area contributed by atoms with E-state index in [2.05, 4.69) is 38.7 Å². The summed E-state index contributed by atoms with van der Waals surface area (Å²) in [6.07, 6.45) is 6.38. The Morgan fingerprint density at radius 3 is 2.85 bits per heavy atom. The lowest BCUT2D eigenvalue weighted by Gasteiger charge is -2.13. The van der Waals surface area contributed by atoms with Crippen LogP contribution >= 0.6 is 0 Å². The summed E-state index contributed by atoms with van der Waals surface area (Å²) in [5.74, 6) is 0.509. The number of likely N-dealkylation sites (N-methyl/N-ethyl adjacent to an activating group) is 1. The first-order chi connectivity index (χ1) is 12.7. The second-order valence-corrected chi connectivity index (χ2v) is 6.35. The Balaban J connectivity index is 1.37. The molecular weight excluding hydrogens is 328 g/mol. The van der Waals surface area contributed by atoms with Gasteiger partial charge in [-0.15, -0.1) is 0 Å². The molecule has 0 aliphatic carbocycles. The number of anilines is 3. The number of rotatable bonds is 4. The predicted molar refractivity (Wildman–Crippen MR) is 102 cm³/mol. The summed E-state index contributed by atoms with van der Waals surface area (Å²) >= 11 is 0. The van der Waals surface area contributed by atoms with Gasteiger partial charge in [0.2, 0.25) is 0 Å². The van der Waals surface area contributed by atoms with Crippen molar-refractivity contribution in [1.29, 1.82) is 0 Å². The van der Waals surface area contributed by atoms with Gasteiger partial charge in [0, 0.05) is 49.6 Å². The second-order valence-electron chi connectivity index (χ2n) is 6.35. The van der Waals surface area contributed by atoms with Gasteiger partial charge in [-0.2, -0.15) is 5.10 Å². The third-order valence-corrected chi connectivity index (χ3v) is 4.45. The van der Waals surface area contributed by atoms with Crippen LogP contribution in [0.5, 0.6) is 0 Å². The molecule has 1 aliphatic heterocycles. The molecule has 26 heavy (non-hydrogen) atoms. The molecule has 7 nitrogen and oxygen atoms in total. The van der Waals surface area contributed by atoms with Crippen LogP contribution < -0.4 is 15.5 Å². The molecule has 7 heteroatoms. The number of carbonyl (C=O) groups excluding carboxylic acids is 1. The van der Waals surface area contributed by atoms with Gasteiger partial charge in [0.05, 0.1) is 6.54 Å². The molecule has 0 saturated heterocycles. The van der Waals surface area contributed by atoms with E-state index in [1.807, 2.05) is 30.5 Å². The molecule has 1 aromatic carbocycles. The molecule has 3 aromatic rings. The van der Waals surface area contributed by atoms with Gasteiger partial charge in [0.1, 0.15) is 0 Å². The minimum Gasteiger partial charge on any atom is -0.374 e. The van der Waals surface area contributed by atoms with Crippen LogP contribution in [0.3, 0.4) is 0 Å². The SMILES string of the molecule is CN1CCc2ccc(NC(=O)Nc3ccn(Cc4ccncc4)n3)cc21. The molecule has 0 atom stereocenters. The van der Waals surface area contributed by atoms with E-state index in [1.54, 1.807) is 23.1 Å². The topological polar surface area (TPSA) is 75.1 Å². The first-order valence-corrected chi connectivity index (χ1v) is 8.52. The summed E-state index contributed by atoms with van der Waals surface area (Å²) in [4.78, 5) is 18.4. The normalized spacial score (nSPS) is 12.7. The first kappa shape index (κ1) is 16.1. The van der Waals surface area contributed by atoms with Gasteiger partial charge in [-0.1, -0.05) is 6.07 Å². The maximum Gasteiger partial charge on any atom is 0.324 e. The van der Waals surface area contributed by atoms with Crippen LogP contribution in [0.15, 0.2) is 55.0 Å². The van der Waals surface area contributed by atoms with Crippen LogP contribution in [0.2, 0.25) is 0 Å². The Hall–Kier alpha value is -3.35. The number of fused-ring (bicyclic) bond motifs is 1. The summed E-state index contributed by atoms with van der Waals surface area (Å²) in [5.41, 5.74) is 4.35. The van der Waals surface area contributed by atoms with Crippen LogP contribution in [-0.4, -0.2) is 34.4 Å². The third-order valence-electron chi connectivity index (χ3n) is 4.45. The van der Waals surface area contributed by atoms with Crippen LogP contribution in [-0.2, 0) is 13.0 Å². The molecule has 0 fully saturated rings. The van der Waals surface area contributed by atoms with Crippen LogP contribution in [0, 0.1) is 0 Å². The zero-order chi connectivity index (χ0) is 17.9. The Kier molecular flexibility index (Phi) is 4.27. The van der Waals surface area contributed by atoms with Crippen molar-refractivity contribution in [1.82, 2.24) is 14.8 Å². The Labute approximate surface area is 151 Å². The first-order valence-electron chi connectivity index (χ1n) is 8.52. The molecule has 2 N–H and O–H groups in total. The van der Waals surface area contributed by atoms with Gasteiger partial charge < -0.3 is 10.2 Å². The highest BCUT2D eigenvalue weighted by Crippen LogP contribution is 2.29. The van der Waals surface area contributed by atoms with Crippen molar-refractivity contribution in [2.75, 3.05) is 29.1 Å². The van der Waals surface area contributed by atoms with Crippen LogP contribution in [0.25, 0.3) is 0 Å². The van der Waals surface area contributed by atoms with Crippen LogP contribution in [0.1, 0.15) is 11.1 Å². The number of amides is 2. The van der Waals surface area contributed by atoms with Crippen molar-refractivity contribution in [3.8, 4) is 0 Å². The molecule has 1 aliphatic rings. The van der Waals surface area contributed by atoms with E-state index in [-0.39, 0.29) is 6.03 Å². The second kappa shape index (κ2) is 6.87. The summed E-state index contributed by atoms with van der Waals surface area (Å²) in [5, 5.41) is 10.0. The molecule has 0 saturated carbocycles. The molecule has 2 aromatic heterocycles. The number of nitrogens with zero attached hydrogens (tertiary/aromatic N) is 4. The monoisotopic (exact) mass is 348 g/mol. The molecule has 3 heterocycles. The van der Waals surface area contributed by atoms with Crippen LogP contribution in [0.4, 0.5) is 22.0 Å². The molecule has 2 amide bonds. The summed E-state index contributed by atoms with van der Waals surface area (Å²) in [6.45, 7) is 1.64. The Bertz CT molecular complexity index is 921. The van der Waals surface area contributed by atoms with E-state index in [1.165, 1.54) is 11.3 Å². The molecule has 0 spiro atoms. The quantitative estimate of drug-likeness (QED) is 0.760.